The van der Waals surface area contributed by atoms with Gasteiger partial charge in [-0.3, -0.25) is 9.69 Å². The smallest absolute Gasteiger partial charge is 0.234 e. The number of carbonyl (C=O) groups is 1. The van der Waals surface area contributed by atoms with Crippen LogP contribution in [0.5, 0.6) is 0 Å². The Hall–Kier alpha value is -2.40. The lowest BCUT2D eigenvalue weighted by molar-refractivity contribution is -0.122. The maximum absolute atomic E-state index is 13.1. The Morgan fingerprint density at radius 2 is 1.93 bits per heavy atom. The summed E-state index contributed by atoms with van der Waals surface area (Å²) in [4.78, 5) is 17.0. The molecule has 1 aliphatic heterocycles. The molecule has 1 fully saturated rings. The Balaban J connectivity index is 1.46. The van der Waals surface area contributed by atoms with Gasteiger partial charge in [-0.2, -0.15) is 0 Å². The standard InChI is InChI=1S/C23H30FN3O/c1-3-26(18(2)20-9-11-21(24)12-10-20)17-23(28)25-15-19-13-14-27(16-19)22-7-5-4-6-8-22/h4-12,18-19H,3,13-17H2,1-2H3,(H,25,28). The third-order valence-electron chi connectivity index (χ3n) is 5.65. The van der Waals surface area contributed by atoms with E-state index in [4.69, 9.17) is 0 Å². The van der Waals surface area contributed by atoms with Crippen molar-refractivity contribution in [2.45, 2.75) is 26.3 Å². The van der Waals surface area contributed by atoms with Crippen LogP contribution in [0.25, 0.3) is 0 Å². The number of hydrogen-bond acceptors (Lipinski definition) is 3. The highest BCUT2D eigenvalue weighted by molar-refractivity contribution is 5.78. The van der Waals surface area contributed by atoms with Crippen LogP contribution in [-0.2, 0) is 4.79 Å². The third-order valence-corrected chi connectivity index (χ3v) is 5.65. The van der Waals surface area contributed by atoms with Gasteiger partial charge < -0.3 is 10.2 Å². The van der Waals surface area contributed by atoms with Crippen LogP contribution in [-0.4, -0.2) is 43.5 Å². The lowest BCUT2D eigenvalue weighted by Gasteiger charge is -2.27. The zero-order chi connectivity index (χ0) is 19.9. The average molecular weight is 384 g/mol. The van der Waals surface area contributed by atoms with Crippen LogP contribution in [0.3, 0.4) is 0 Å². The fraction of sp³-hybridized carbons (Fsp3) is 0.435. The minimum atomic E-state index is -0.238. The van der Waals surface area contributed by atoms with Crippen LogP contribution in [0.4, 0.5) is 10.1 Å². The molecule has 1 amide bonds. The van der Waals surface area contributed by atoms with E-state index in [9.17, 15) is 9.18 Å². The first-order valence-electron chi connectivity index (χ1n) is 10.1. The summed E-state index contributed by atoms with van der Waals surface area (Å²) in [6.45, 7) is 7.94. The van der Waals surface area contributed by atoms with Crippen molar-refractivity contribution in [3.63, 3.8) is 0 Å². The highest BCUT2D eigenvalue weighted by Crippen LogP contribution is 2.23. The van der Waals surface area contributed by atoms with Gasteiger partial charge in [0.1, 0.15) is 5.82 Å². The first-order valence-corrected chi connectivity index (χ1v) is 10.1. The Bertz CT molecular complexity index is 750. The summed E-state index contributed by atoms with van der Waals surface area (Å²) in [5.41, 5.74) is 2.27. The van der Waals surface area contributed by atoms with Crippen LogP contribution < -0.4 is 10.2 Å². The molecule has 2 aromatic carbocycles. The molecule has 4 nitrogen and oxygen atoms in total. The summed E-state index contributed by atoms with van der Waals surface area (Å²) in [7, 11) is 0. The molecule has 1 aliphatic rings. The van der Waals surface area contributed by atoms with Crippen molar-refractivity contribution in [3.05, 3.63) is 66.0 Å². The van der Waals surface area contributed by atoms with E-state index in [0.29, 0.717) is 19.0 Å². The molecule has 2 unspecified atom stereocenters. The van der Waals surface area contributed by atoms with Gasteiger partial charge in [-0.15, -0.1) is 0 Å². The van der Waals surface area contributed by atoms with Gasteiger partial charge in [0.2, 0.25) is 5.91 Å². The van der Waals surface area contributed by atoms with Crippen molar-refractivity contribution in [2.75, 3.05) is 37.6 Å². The van der Waals surface area contributed by atoms with E-state index >= 15 is 0 Å². The maximum atomic E-state index is 13.1. The lowest BCUT2D eigenvalue weighted by Crippen LogP contribution is -2.40. The number of nitrogens with one attached hydrogen (secondary N) is 1. The van der Waals surface area contributed by atoms with Crippen molar-refractivity contribution < 1.29 is 9.18 Å². The van der Waals surface area contributed by atoms with Crippen LogP contribution in [0.1, 0.15) is 31.9 Å². The molecule has 28 heavy (non-hydrogen) atoms. The van der Waals surface area contributed by atoms with Crippen LogP contribution >= 0.6 is 0 Å². The Labute approximate surface area is 167 Å². The predicted molar refractivity (Wildman–Crippen MR) is 112 cm³/mol. The Kier molecular flexibility index (Phi) is 7.04. The second-order valence-corrected chi connectivity index (χ2v) is 7.53. The molecule has 0 aliphatic carbocycles. The van der Waals surface area contributed by atoms with Gasteiger partial charge in [-0.25, -0.2) is 4.39 Å². The molecule has 1 heterocycles. The molecular weight excluding hydrogens is 353 g/mol. The number of anilines is 1. The number of nitrogens with zero attached hydrogens (tertiary/aromatic N) is 2. The van der Waals surface area contributed by atoms with Crippen molar-refractivity contribution in [1.82, 2.24) is 10.2 Å². The number of para-hydroxylation sites is 1. The Morgan fingerprint density at radius 1 is 1.21 bits per heavy atom. The van der Waals surface area contributed by atoms with Crippen LogP contribution in [0.2, 0.25) is 0 Å². The molecule has 0 saturated carbocycles. The van der Waals surface area contributed by atoms with Crippen LogP contribution in [0, 0.1) is 11.7 Å². The second-order valence-electron chi connectivity index (χ2n) is 7.53. The van der Waals surface area contributed by atoms with Crippen molar-refractivity contribution in [2.24, 2.45) is 5.92 Å². The molecule has 1 N–H and O–H groups in total. The van der Waals surface area contributed by atoms with E-state index in [2.05, 4.69) is 46.3 Å². The molecule has 0 radical (unpaired) electrons. The monoisotopic (exact) mass is 383 g/mol. The molecule has 0 bridgehead atoms. The number of rotatable bonds is 8. The molecule has 3 rings (SSSR count). The van der Waals surface area contributed by atoms with E-state index < -0.39 is 0 Å². The molecule has 5 heteroatoms. The number of hydrogen-bond donors (Lipinski definition) is 1. The normalized spacial score (nSPS) is 17.7. The van der Waals surface area contributed by atoms with Gasteiger partial charge >= 0.3 is 0 Å². The van der Waals surface area contributed by atoms with Gasteiger partial charge in [-0.05, 0) is 55.6 Å². The summed E-state index contributed by atoms with van der Waals surface area (Å²) in [6.07, 6.45) is 1.10. The van der Waals surface area contributed by atoms with Gasteiger partial charge in [0.15, 0.2) is 0 Å². The largest absolute Gasteiger partial charge is 0.371 e. The third kappa shape index (κ3) is 5.32. The first kappa shape index (κ1) is 20.3. The van der Waals surface area contributed by atoms with Gasteiger partial charge in [0.05, 0.1) is 6.54 Å². The fourth-order valence-corrected chi connectivity index (χ4v) is 3.85. The van der Waals surface area contributed by atoms with Gasteiger partial charge in [0.25, 0.3) is 0 Å². The van der Waals surface area contributed by atoms with Crippen molar-refractivity contribution in [1.29, 1.82) is 0 Å². The quantitative estimate of drug-likeness (QED) is 0.752. The highest BCUT2D eigenvalue weighted by atomic mass is 19.1. The molecule has 1 saturated heterocycles. The number of benzene rings is 2. The predicted octanol–water partition coefficient (Wildman–Crippen LogP) is 3.85. The minimum Gasteiger partial charge on any atom is -0.371 e. The van der Waals surface area contributed by atoms with Crippen LogP contribution in [0.15, 0.2) is 54.6 Å². The molecule has 2 aromatic rings. The van der Waals surface area contributed by atoms with Gasteiger partial charge in [-0.1, -0.05) is 37.3 Å². The lowest BCUT2D eigenvalue weighted by atomic mass is 10.1. The SMILES string of the molecule is CCN(CC(=O)NCC1CCN(c2ccccc2)C1)C(C)c1ccc(F)cc1. The number of likely N-dealkylation sites (N-methyl/N-ethyl adjacent to an activating group) is 1. The van der Waals surface area contributed by atoms with Gasteiger partial charge in [0, 0.05) is 31.4 Å². The van der Waals surface area contributed by atoms with E-state index in [1.165, 1.54) is 17.8 Å². The number of amides is 1. The molecule has 0 aromatic heterocycles. The number of carbonyl (C=O) groups excluding carboxylic acids is 1. The summed E-state index contributed by atoms with van der Waals surface area (Å²) in [6, 6.07) is 17.0. The van der Waals surface area contributed by atoms with E-state index in [-0.39, 0.29) is 17.8 Å². The molecule has 150 valence electrons. The summed E-state index contributed by atoms with van der Waals surface area (Å²) >= 11 is 0. The van der Waals surface area contributed by atoms with Crippen molar-refractivity contribution >= 4 is 11.6 Å². The van der Waals surface area contributed by atoms with E-state index in [0.717, 1.165) is 31.6 Å². The zero-order valence-corrected chi connectivity index (χ0v) is 16.8. The maximum Gasteiger partial charge on any atom is 0.234 e. The number of halogens is 1. The minimum absolute atomic E-state index is 0.0500. The zero-order valence-electron chi connectivity index (χ0n) is 16.8. The highest BCUT2D eigenvalue weighted by Gasteiger charge is 2.24. The molecular formula is C23H30FN3O. The van der Waals surface area contributed by atoms with E-state index in [1.807, 2.05) is 13.0 Å². The first-order chi connectivity index (χ1) is 13.6. The van der Waals surface area contributed by atoms with E-state index in [1.54, 1.807) is 12.1 Å². The summed E-state index contributed by atoms with van der Waals surface area (Å²) in [5.74, 6) is 0.292. The summed E-state index contributed by atoms with van der Waals surface area (Å²) in [5, 5.41) is 3.11. The second kappa shape index (κ2) is 9.69. The molecule has 2 atom stereocenters. The Morgan fingerprint density at radius 3 is 2.61 bits per heavy atom. The molecule has 0 spiro atoms. The topological polar surface area (TPSA) is 35.6 Å². The average Bonchev–Trinajstić information content (AvgIpc) is 3.20. The summed E-state index contributed by atoms with van der Waals surface area (Å²) < 4.78 is 13.1. The fourth-order valence-electron chi connectivity index (χ4n) is 3.85. The van der Waals surface area contributed by atoms with Crippen molar-refractivity contribution in [3.8, 4) is 0 Å².